The SMILES string of the molecule is COc1cc(O)c2c(=O)c(O[C@@H]3O[C@H](CO)[C@@H](O)[C@H](O)[C@H]3O[C@@H]3O[C@@H](C)[C@H](O)[C@H](O)[C@@H]3O)c(-c3ccc(O)c(O)c3)oc2c1. The molecule has 2 aromatic carbocycles. The van der Waals surface area contributed by atoms with Crippen LogP contribution in [0.3, 0.4) is 0 Å². The molecule has 3 aromatic rings. The summed E-state index contributed by atoms with van der Waals surface area (Å²) in [5, 5.41) is 92.3. The highest BCUT2D eigenvalue weighted by Gasteiger charge is 2.51. The summed E-state index contributed by atoms with van der Waals surface area (Å²) in [7, 11) is 1.32. The van der Waals surface area contributed by atoms with E-state index in [1.165, 1.54) is 26.2 Å². The zero-order valence-corrected chi connectivity index (χ0v) is 23.3. The lowest BCUT2D eigenvalue weighted by atomic mass is 9.97. The van der Waals surface area contributed by atoms with Gasteiger partial charge in [-0.05, 0) is 25.1 Å². The number of fused-ring (bicyclic) bond motifs is 1. The molecule has 0 unspecified atom stereocenters. The quantitative estimate of drug-likeness (QED) is 0.137. The second-order valence-electron chi connectivity index (χ2n) is 10.4. The van der Waals surface area contributed by atoms with Gasteiger partial charge in [0.05, 0.1) is 19.8 Å². The highest BCUT2D eigenvalue weighted by Crippen LogP contribution is 2.40. The molecule has 16 heteroatoms. The molecule has 0 radical (unpaired) electrons. The molecule has 5 rings (SSSR count). The third-order valence-corrected chi connectivity index (χ3v) is 7.54. The molecule has 0 aliphatic carbocycles. The van der Waals surface area contributed by atoms with Gasteiger partial charge in [0, 0.05) is 17.7 Å². The Kier molecular flexibility index (Phi) is 8.90. The monoisotopic (exact) mass is 624 g/mol. The lowest BCUT2D eigenvalue weighted by molar-refractivity contribution is -0.354. The summed E-state index contributed by atoms with van der Waals surface area (Å²) in [6, 6.07) is 5.88. The van der Waals surface area contributed by atoms with Gasteiger partial charge in [-0.3, -0.25) is 4.79 Å². The maximum atomic E-state index is 13.9. The Bertz CT molecular complexity index is 1560. The van der Waals surface area contributed by atoms with Crippen LogP contribution in [-0.4, -0.2) is 121 Å². The first-order chi connectivity index (χ1) is 20.9. The first-order valence-corrected chi connectivity index (χ1v) is 13.4. The minimum absolute atomic E-state index is 0.00106. The van der Waals surface area contributed by atoms with Gasteiger partial charge in [-0.1, -0.05) is 0 Å². The smallest absolute Gasteiger partial charge is 0.239 e. The van der Waals surface area contributed by atoms with Crippen molar-refractivity contribution in [2.75, 3.05) is 13.7 Å². The standard InChI is InChI=1S/C28H32O16/c1-9-18(33)21(36)23(38)27(40-9)44-26-22(37)19(34)16(8-29)42-28(26)43-25-20(35)17-14(32)6-11(39-2)7-15(17)41-24(25)10-3-4-12(30)13(31)5-10/h3-7,9,16,18-19,21-23,26-34,36-38H,8H2,1-2H3/t9-,16+,18-,19+,21-,22-,23-,26+,27-,28-/m0/s1. The van der Waals surface area contributed by atoms with Crippen LogP contribution >= 0.6 is 0 Å². The number of aromatic hydroxyl groups is 3. The van der Waals surface area contributed by atoms with E-state index < -0.39 is 96.4 Å². The Balaban J connectivity index is 1.63. The highest BCUT2D eigenvalue weighted by atomic mass is 16.8. The van der Waals surface area contributed by atoms with Crippen molar-refractivity contribution in [3.63, 3.8) is 0 Å². The van der Waals surface area contributed by atoms with Crippen LogP contribution in [0.4, 0.5) is 0 Å². The van der Waals surface area contributed by atoms with E-state index in [0.29, 0.717) is 0 Å². The first kappa shape index (κ1) is 31.7. The van der Waals surface area contributed by atoms with Gasteiger partial charge >= 0.3 is 0 Å². The number of phenols is 3. The van der Waals surface area contributed by atoms with Gasteiger partial charge in [-0.15, -0.1) is 0 Å². The van der Waals surface area contributed by atoms with Crippen LogP contribution in [0.15, 0.2) is 39.5 Å². The molecule has 0 saturated carbocycles. The summed E-state index contributed by atoms with van der Waals surface area (Å²) in [5.41, 5.74) is -1.14. The van der Waals surface area contributed by atoms with Gasteiger partial charge in [0.15, 0.2) is 29.7 Å². The van der Waals surface area contributed by atoms with E-state index in [1.54, 1.807) is 0 Å². The second-order valence-corrected chi connectivity index (χ2v) is 10.4. The fraction of sp³-hybridized carbons (Fsp3) is 0.464. The number of phenolic OH excluding ortho intramolecular Hbond substituents is 3. The number of methoxy groups -OCH3 is 1. The summed E-state index contributed by atoms with van der Waals surface area (Å²) in [5.74, 6) is -2.51. The zero-order chi connectivity index (χ0) is 32.0. The van der Waals surface area contributed by atoms with Crippen molar-refractivity contribution in [2.45, 2.75) is 68.3 Å². The van der Waals surface area contributed by atoms with Gasteiger partial charge in [-0.2, -0.15) is 0 Å². The number of hydrogen-bond acceptors (Lipinski definition) is 16. The predicted molar refractivity (Wildman–Crippen MR) is 145 cm³/mol. The molecular formula is C28H32O16. The summed E-state index contributed by atoms with van der Waals surface area (Å²) in [4.78, 5) is 13.9. The molecule has 16 nitrogen and oxygen atoms in total. The molecule has 240 valence electrons. The third-order valence-electron chi connectivity index (χ3n) is 7.54. The van der Waals surface area contributed by atoms with Crippen LogP contribution in [0, 0.1) is 0 Å². The molecule has 3 heterocycles. The fourth-order valence-electron chi connectivity index (χ4n) is 5.03. The maximum absolute atomic E-state index is 13.9. The van der Waals surface area contributed by atoms with Crippen LogP contribution in [0.5, 0.6) is 28.7 Å². The van der Waals surface area contributed by atoms with Crippen molar-refractivity contribution in [3.05, 3.63) is 40.6 Å². The molecule has 10 atom stereocenters. The normalized spacial score (nSPS) is 32.5. The Morgan fingerprint density at radius 3 is 2.20 bits per heavy atom. The van der Waals surface area contributed by atoms with Gasteiger partial charge in [0.1, 0.15) is 59.1 Å². The van der Waals surface area contributed by atoms with Crippen LogP contribution in [0.2, 0.25) is 0 Å². The molecule has 2 aliphatic rings. The van der Waals surface area contributed by atoms with Crippen LogP contribution in [0.1, 0.15) is 6.92 Å². The molecule has 2 aliphatic heterocycles. The molecule has 0 spiro atoms. The zero-order valence-electron chi connectivity index (χ0n) is 23.3. The summed E-state index contributed by atoms with van der Waals surface area (Å²) in [6.45, 7) is 0.566. The molecule has 1 aromatic heterocycles. The molecule has 44 heavy (non-hydrogen) atoms. The minimum Gasteiger partial charge on any atom is -0.507 e. The van der Waals surface area contributed by atoms with E-state index in [1.807, 2.05) is 0 Å². The van der Waals surface area contributed by atoms with E-state index in [-0.39, 0.29) is 28.0 Å². The number of rotatable bonds is 7. The number of aliphatic hydroxyl groups excluding tert-OH is 6. The first-order valence-electron chi connectivity index (χ1n) is 13.4. The number of aliphatic hydroxyl groups is 6. The van der Waals surface area contributed by atoms with E-state index in [9.17, 15) is 50.8 Å². The van der Waals surface area contributed by atoms with E-state index in [4.69, 9.17) is 28.1 Å². The minimum atomic E-state index is -1.90. The van der Waals surface area contributed by atoms with Crippen molar-refractivity contribution in [1.29, 1.82) is 0 Å². The highest BCUT2D eigenvalue weighted by molar-refractivity contribution is 5.88. The lowest BCUT2D eigenvalue weighted by Crippen LogP contribution is -2.64. The lowest BCUT2D eigenvalue weighted by Gasteiger charge is -2.45. The van der Waals surface area contributed by atoms with Gasteiger partial charge in [-0.25, -0.2) is 0 Å². The predicted octanol–water partition coefficient (Wildman–Crippen LogP) is -1.38. The molecular weight excluding hydrogens is 592 g/mol. The van der Waals surface area contributed by atoms with Crippen molar-refractivity contribution in [1.82, 2.24) is 0 Å². The van der Waals surface area contributed by atoms with E-state index in [0.717, 1.165) is 18.2 Å². The van der Waals surface area contributed by atoms with Gasteiger partial charge in [0.25, 0.3) is 0 Å². The van der Waals surface area contributed by atoms with Crippen molar-refractivity contribution in [2.24, 2.45) is 0 Å². The van der Waals surface area contributed by atoms with Crippen molar-refractivity contribution < 1.29 is 74.1 Å². The molecule has 2 fully saturated rings. The number of benzene rings is 2. The Hall–Kier alpha value is -3.71. The van der Waals surface area contributed by atoms with E-state index >= 15 is 0 Å². The summed E-state index contributed by atoms with van der Waals surface area (Å²) < 4.78 is 33.7. The van der Waals surface area contributed by atoms with Gasteiger partial charge in [0.2, 0.25) is 17.5 Å². The summed E-state index contributed by atoms with van der Waals surface area (Å²) in [6.07, 6.45) is -16.5. The number of ether oxygens (including phenoxy) is 5. The number of hydrogen-bond donors (Lipinski definition) is 9. The molecule has 2 saturated heterocycles. The van der Waals surface area contributed by atoms with Crippen molar-refractivity contribution >= 4 is 11.0 Å². The third kappa shape index (κ3) is 5.63. The average molecular weight is 625 g/mol. The van der Waals surface area contributed by atoms with Gasteiger partial charge < -0.3 is 74.1 Å². The van der Waals surface area contributed by atoms with Crippen LogP contribution in [-0.2, 0) is 14.2 Å². The topological polar surface area (TPSA) is 258 Å². The average Bonchev–Trinajstić information content (AvgIpc) is 3.00. The maximum Gasteiger partial charge on any atom is 0.239 e. The Morgan fingerprint density at radius 1 is 0.818 bits per heavy atom. The molecule has 9 N–H and O–H groups in total. The Labute approximate surface area is 248 Å². The molecule has 0 amide bonds. The summed E-state index contributed by atoms with van der Waals surface area (Å²) >= 11 is 0. The van der Waals surface area contributed by atoms with Crippen molar-refractivity contribution in [3.8, 4) is 40.1 Å². The fourth-order valence-corrected chi connectivity index (χ4v) is 5.03. The Morgan fingerprint density at radius 2 is 1.55 bits per heavy atom. The second kappa shape index (κ2) is 12.4. The molecule has 0 bridgehead atoms. The van der Waals surface area contributed by atoms with Crippen LogP contribution < -0.4 is 14.9 Å². The van der Waals surface area contributed by atoms with Crippen LogP contribution in [0.25, 0.3) is 22.3 Å². The van der Waals surface area contributed by atoms with E-state index in [2.05, 4.69) is 0 Å². The largest absolute Gasteiger partial charge is 0.507 e.